The van der Waals surface area contributed by atoms with Crippen LogP contribution in [0.1, 0.15) is 39.0 Å². The summed E-state index contributed by atoms with van der Waals surface area (Å²) >= 11 is 0. The first kappa shape index (κ1) is 10.7. The van der Waals surface area contributed by atoms with E-state index >= 15 is 0 Å². The van der Waals surface area contributed by atoms with Crippen LogP contribution >= 0.6 is 0 Å². The lowest BCUT2D eigenvalue weighted by atomic mass is 9.83. The van der Waals surface area contributed by atoms with Gasteiger partial charge in [0, 0.05) is 13.0 Å². The number of ketones is 1. The van der Waals surface area contributed by atoms with Crippen molar-refractivity contribution in [3.05, 3.63) is 0 Å². The lowest BCUT2D eigenvalue weighted by Gasteiger charge is -2.27. The first-order chi connectivity index (χ1) is 6.18. The van der Waals surface area contributed by atoms with Crippen LogP contribution < -0.4 is 0 Å². The zero-order valence-electron chi connectivity index (χ0n) is 8.88. The van der Waals surface area contributed by atoms with Crippen molar-refractivity contribution >= 4 is 5.78 Å². The van der Waals surface area contributed by atoms with Gasteiger partial charge in [0.2, 0.25) is 0 Å². The normalized spacial score (nSPS) is 17.5. The molecule has 2 nitrogen and oxygen atoms in total. The van der Waals surface area contributed by atoms with Crippen molar-refractivity contribution in [2.75, 3.05) is 20.1 Å². The molecule has 76 valence electrons. The average Bonchev–Trinajstić information content (AvgIpc) is 1.98. The molecular formula is C11H21NO. The molecule has 0 aliphatic heterocycles. The molecule has 1 fully saturated rings. The summed E-state index contributed by atoms with van der Waals surface area (Å²) in [4.78, 5) is 13.0. The molecule has 0 atom stereocenters. The Balaban J connectivity index is 1.96. The average molecular weight is 183 g/mol. The molecule has 0 heterocycles. The Labute approximate surface area is 81.3 Å². The van der Waals surface area contributed by atoms with Crippen molar-refractivity contribution in [3.8, 4) is 0 Å². The van der Waals surface area contributed by atoms with Gasteiger partial charge in [-0.05, 0) is 32.9 Å². The minimum absolute atomic E-state index is 0.301. The van der Waals surface area contributed by atoms with Crippen molar-refractivity contribution in [2.24, 2.45) is 5.92 Å². The van der Waals surface area contributed by atoms with Crippen LogP contribution in [0.4, 0.5) is 0 Å². The van der Waals surface area contributed by atoms with Gasteiger partial charge in [0.25, 0.3) is 0 Å². The van der Waals surface area contributed by atoms with E-state index in [1.807, 2.05) is 0 Å². The van der Waals surface area contributed by atoms with Crippen LogP contribution in [0.3, 0.4) is 0 Å². The Kier molecular flexibility index (Phi) is 4.43. The van der Waals surface area contributed by atoms with Crippen LogP contribution in [0, 0.1) is 5.92 Å². The molecule has 1 saturated carbocycles. The summed E-state index contributed by atoms with van der Waals surface area (Å²) in [5.41, 5.74) is 0. The van der Waals surface area contributed by atoms with Crippen molar-refractivity contribution in [1.82, 2.24) is 4.90 Å². The highest BCUT2D eigenvalue weighted by Crippen LogP contribution is 2.29. The van der Waals surface area contributed by atoms with Crippen LogP contribution in [0.25, 0.3) is 0 Å². The second kappa shape index (κ2) is 5.38. The first-order valence-corrected chi connectivity index (χ1v) is 5.36. The molecule has 0 saturated heterocycles. The summed E-state index contributed by atoms with van der Waals surface area (Å²) in [5, 5.41) is 0. The maximum atomic E-state index is 10.7. The van der Waals surface area contributed by atoms with Gasteiger partial charge in [-0.2, -0.15) is 0 Å². The Morgan fingerprint density at radius 1 is 1.38 bits per heavy atom. The fourth-order valence-corrected chi connectivity index (χ4v) is 1.64. The van der Waals surface area contributed by atoms with Crippen LogP contribution in [0.2, 0.25) is 0 Å². The maximum Gasteiger partial charge on any atom is 0.131 e. The Hall–Kier alpha value is -0.370. The van der Waals surface area contributed by atoms with Gasteiger partial charge in [-0.15, -0.1) is 0 Å². The monoisotopic (exact) mass is 183 g/mol. The second-order valence-corrected chi connectivity index (χ2v) is 4.34. The van der Waals surface area contributed by atoms with Crippen LogP contribution in [0.5, 0.6) is 0 Å². The summed E-state index contributed by atoms with van der Waals surface area (Å²) in [6, 6.07) is 0. The zero-order valence-corrected chi connectivity index (χ0v) is 8.88. The minimum Gasteiger partial charge on any atom is -0.306 e. The van der Waals surface area contributed by atoms with E-state index in [1.54, 1.807) is 6.92 Å². The predicted molar refractivity (Wildman–Crippen MR) is 54.8 cm³/mol. The Morgan fingerprint density at radius 2 is 2.08 bits per heavy atom. The van der Waals surface area contributed by atoms with Gasteiger partial charge >= 0.3 is 0 Å². The van der Waals surface area contributed by atoms with E-state index in [9.17, 15) is 4.79 Å². The van der Waals surface area contributed by atoms with E-state index in [1.165, 1.54) is 25.7 Å². The van der Waals surface area contributed by atoms with Gasteiger partial charge in [0.15, 0.2) is 0 Å². The lowest BCUT2D eigenvalue weighted by Crippen LogP contribution is -2.25. The molecule has 1 aliphatic rings. The van der Waals surface area contributed by atoms with Crippen molar-refractivity contribution in [1.29, 1.82) is 0 Å². The largest absolute Gasteiger partial charge is 0.306 e. The molecule has 0 aromatic rings. The van der Waals surface area contributed by atoms with Gasteiger partial charge in [-0.3, -0.25) is 4.79 Å². The molecule has 0 unspecified atom stereocenters. The third-order valence-corrected chi connectivity index (χ3v) is 2.99. The third-order valence-electron chi connectivity index (χ3n) is 2.99. The Morgan fingerprint density at radius 3 is 2.54 bits per heavy atom. The van der Waals surface area contributed by atoms with E-state index in [0.717, 1.165) is 19.0 Å². The summed E-state index contributed by atoms with van der Waals surface area (Å²) in [7, 11) is 2.11. The van der Waals surface area contributed by atoms with Gasteiger partial charge in [0.1, 0.15) is 5.78 Å². The molecule has 0 amide bonds. The summed E-state index contributed by atoms with van der Waals surface area (Å²) < 4.78 is 0. The molecule has 13 heavy (non-hydrogen) atoms. The minimum atomic E-state index is 0.301. The highest BCUT2D eigenvalue weighted by molar-refractivity contribution is 5.75. The number of carbonyl (C=O) groups is 1. The molecule has 2 heteroatoms. The van der Waals surface area contributed by atoms with Crippen LogP contribution in [-0.4, -0.2) is 30.8 Å². The smallest absolute Gasteiger partial charge is 0.131 e. The number of hydrogen-bond donors (Lipinski definition) is 0. The number of nitrogens with zero attached hydrogens (tertiary/aromatic N) is 1. The molecule has 0 radical (unpaired) electrons. The van der Waals surface area contributed by atoms with Crippen molar-refractivity contribution < 1.29 is 4.79 Å². The SMILES string of the molecule is CC(=O)CCN(C)CCC1CCC1. The second-order valence-electron chi connectivity index (χ2n) is 4.34. The van der Waals surface area contributed by atoms with E-state index in [4.69, 9.17) is 0 Å². The van der Waals surface area contributed by atoms with Gasteiger partial charge in [-0.1, -0.05) is 19.3 Å². The van der Waals surface area contributed by atoms with Gasteiger partial charge in [0.05, 0.1) is 0 Å². The number of rotatable bonds is 6. The lowest BCUT2D eigenvalue weighted by molar-refractivity contribution is -0.117. The highest BCUT2D eigenvalue weighted by atomic mass is 16.1. The van der Waals surface area contributed by atoms with Crippen LogP contribution in [0.15, 0.2) is 0 Å². The molecule has 0 N–H and O–H groups in total. The summed E-state index contributed by atoms with van der Waals surface area (Å²) in [6.07, 6.45) is 6.33. The topological polar surface area (TPSA) is 20.3 Å². The fraction of sp³-hybridized carbons (Fsp3) is 0.909. The van der Waals surface area contributed by atoms with E-state index in [2.05, 4.69) is 11.9 Å². The summed E-state index contributed by atoms with van der Waals surface area (Å²) in [5.74, 6) is 1.29. The van der Waals surface area contributed by atoms with Gasteiger partial charge in [-0.25, -0.2) is 0 Å². The Bertz CT molecular complexity index is 163. The predicted octanol–water partition coefficient (Wildman–Crippen LogP) is 2.09. The van der Waals surface area contributed by atoms with Crippen LogP contribution in [-0.2, 0) is 4.79 Å². The molecule has 0 aromatic carbocycles. The zero-order chi connectivity index (χ0) is 9.68. The van der Waals surface area contributed by atoms with Crippen molar-refractivity contribution in [3.63, 3.8) is 0 Å². The molecular weight excluding hydrogens is 162 g/mol. The molecule has 1 rings (SSSR count). The molecule has 0 spiro atoms. The number of carbonyl (C=O) groups excluding carboxylic acids is 1. The van der Waals surface area contributed by atoms with Crippen molar-refractivity contribution in [2.45, 2.75) is 39.0 Å². The van der Waals surface area contributed by atoms with E-state index in [0.29, 0.717) is 12.2 Å². The quantitative estimate of drug-likeness (QED) is 0.628. The standard InChI is InChI=1S/C11H21NO/c1-10(13)6-8-12(2)9-7-11-4-3-5-11/h11H,3-9H2,1-2H3. The first-order valence-electron chi connectivity index (χ1n) is 5.36. The maximum absolute atomic E-state index is 10.7. The van der Waals surface area contributed by atoms with E-state index < -0.39 is 0 Å². The molecule has 0 aromatic heterocycles. The highest BCUT2D eigenvalue weighted by Gasteiger charge is 2.17. The molecule has 1 aliphatic carbocycles. The summed E-state index contributed by atoms with van der Waals surface area (Å²) in [6.45, 7) is 3.76. The number of Topliss-reactive ketones (excluding diaryl/α,β-unsaturated/α-hetero) is 1. The fourth-order valence-electron chi connectivity index (χ4n) is 1.64. The van der Waals surface area contributed by atoms with Gasteiger partial charge < -0.3 is 4.90 Å². The third kappa shape index (κ3) is 4.41. The number of hydrogen-bond acceptors (Lipinski definition) is 2. The van der Waals surface area contributed by atoms with E-state index in [-0.39, 0.29) is 0 Å². The molecule has 0 bridgehead atoms.